The summed E-state index contributed by atoms with van der Waals surface area (Å²) in [6.07, 6.45) is 0. The van der Waals surface area contributed by atoms with Crippen LogP contribution in [0.1, 0.15) is 19.4 Å². The van der Waals surface area contributed by atoms with Gasteiger partial charge in [0, 0.05) is 25.0 Å². The first-order valence-electron chi connectivity index (χ1n) is 5.57. The zero-order chi connectivity index (χ0) is 11.1. The fourth-order valence-electron chi connectivity index (χ4n) is 1.61. The van der Waals surface area contributed by atoms with Gasteiger partial charge in [-0.25, -0.2) is 0 Å². The highest BCUT2D eigenvalue weighted by Gasteiger charge is 2.18. The van der Waals surface area contributed by atoms with E-state index in [1.807, 2.05) is 7.05 Å². The van der Waals surface area contributed by atoms with Gasteiger partial charge in [-0.05, 0) is 12.6 Å². The number of likely N-dealkylation sites (N-methyl/N-ethyl adjacent to an activating group) is 1. The molecule has 0 bridgehead atoms. The summed E-state index contributed by atoms with van der Waals surface area (Å²) in [5.74, 6) is 0. The number of hydrogen-bond acceptors (Lipinski definition) is 2. The predicted octanol–water partition coefficient (Wildman–Crippen LogP) is 1.77. The Labute approximate surface area is 93.1 Å². The smallest absolute Gasteiger partial charge is 0.00769 e. The third kappa shape index (κ3) is 4.02. The third-order valence-electron chi connectivity index (χ3n) is 2.67. The molecule has 2 nitrogen and oxygen atoms in total. The normalized spacial score (nSPS) is 11.7. The van der Waals surface area contributed by atoms with Crippen LogP contribution in [-0.4, -0.2) is 26.7 Å². The van der Waals surface area contributed by atoms with Gasteiger partial charge >= 0.3 is 0 Å². The molecule has 1 aromatic carbocycles. The SMILES string of the molecule is CNCCNCC(C)(C)c1ccccc1. The van der Waals surface area contributed by atoms with Crippen LogP contribution in [0.4, 0.5) is 0 Å². The van der Waals surface area contributed by atoms with Crippen LogP contribution >= 0.6 is 0 Å². The van der Waals surface area contributed by atoms with Crippen LogP contribution in [0.2, 0.25) is 0 Å². The molecule has 0 fully saturated rings. The number of nitrogens with one attached hydrogen (secondary N) is 2. The second kappa shape index (κ2) is 5.89. The Morgan fingerprint density at radius 2 is 1.73 bits per heavy atom. The molecule has 0 radical (unpaired) electrons. The Balaban J connectivity index is 2.45. The molecule has 0 saturated carbocycles. The maximum atomic E-state index is 3.46. The van der Waals surface area contributed by atoms with E-state index in [-0.39, 0.29) is 5.41 Å². The Kier molecular flexibility index (Phi) is 4.79. The van der Waals surface area contributed by atoms with Gasteiger partial charge in [0.15, 0.2) is 0 Å². The molecule has 0 aliphatic rings. The van der Waals surface area contributed by atoms with Crippen LogP contribution in [0.5, 0.6) is 0 Å². The predicted molar refractivity (Wildman–Crippen MR) is 66.3 cm³/mol. The number of rotatable bonds is 6. The highest BCUT2D eigenvalue weighted by atomic mass is 14.9. The van der Waals surface area contributed by atoms with Gasteiger partial charge < -0.3 is 10.6 Å². The fraction of sp³-hybridized carbons (Fsp3) is 0.538. The first-order chi connectivity index (χ1) is 7.17. The van der Waals surface area contributed by atoms with Crippen LogP contribution in [0.25, 0.3) is 0 Å². The van der Waals surface area contributed by atoms with E-state index in [1.54, 1.807) is 0 Å². The van der Waals surface area contributed by atoms with Crippen molar-refractivity contribution in [2.24, 2.45) is 0 Å². The largest absolute Gasteiger partial charge is 0.318 e. The first kappa shape index (κ1) is 12.2. The molecule has 0 amide bonds. The highest BCUT2D eigenvalue weighted by molar-refractivity contribution is 5.23. The van der Waals surface area contributed by atoms with Crippen LogP contribution in [-0.2, 0) is 5.41 Å². The first-order valence-corrected chi connectivity index (χ1v) is 5.57. The summed E-state index contributed by atoms with van der Waals surface area (Å²) >= 11 is 0. The van der Waals surface area contributed by atoms with Gasteiger partial charge in [-0.1, -0.05) is 44.2 Å². The molecule has 0 saturated heterocycles. The second-order valence-electron chi connectivity index (χ2n) is 4.53. The van der Waals surface area contributed by atoms with E-state index in [0.29, 0.717) is 0 Å². The van der Waals surface area contributed by atoms with Crippen LogP contribution in [0.15, 0.2) is 30.3 Å². The molecule has 1 rings (SSSR count). The van der Waals surface area contributed by atoms with Crippen molar-refractivity contribution in [2.75, 3.05) is 26.7 Å². The van der Waals surface area contributed by atoms with Crippen molar-refractivity contribution in [1.29, 1.82) is 0 Å². The molecule has 0 unspecified atom stereocenters. The zero-order valence-electron chi connectivity index (χ0n) is 10.0. The average Bonchev–Trinajstić information content (AvgIpc) is 2.26. The van der Waals surface area contributed by atoms with E-state index in [9.17, 15) is 0 Å². The maximum absolute atomic E-state index is 3.46. The average molecular weight is 206 g/mol. The van der Waals surface area contributed by atoms with Crippen molar-refractivity contribution in [3.05, 3.63) is 35.9 Å². The van der Waals surface area contributed by atoms with Gasteiger partial charge in [-0.15, -0.1) is 0 Å². The maximum Gasteiger partial charge on any atom is 0.00769 e. The lowest BCUT2D eigenvalue weighted by atomic mass is 9.85. The molecule has 2 heteroatoms. The van der Waals surface area contributed by atoms with Crippen molar-refractivity contribution in [1.82, 2.24) is 10.6 Å². The van der Waals surface area contributed by atoms with E-state index in [0.717, 1.165) is 19.6 Å². The van der Waals surface area contributed by atoms with E-state index >= 15 is 0 Å². The minimum atomic E-state index is 0.203. The van der Waals surface area contributed by atoms with E-state index < -0.39 is 0 Å². The van der Waals surface area contributed by atoms with Crippen molar-refractivity contribution < 1.29 is 0 Å². The Morgan fingerprint density at radius 3 is 2.33 bits per heavy atom. The summed E-state index contributed by atoms with van der Waals surface area (Å²) in [5.41, 5.74) is 1.59. The molecule has 0 aliphatic heterocycles. The molecule has 1 aromatic rings. The summed E-state index contributed by atoms with van der Waals surface area (Å²) in [6, 6.07) is 10.7. The monoisotopic (exact) mass is 206 g/mol. The minimum absolute atomic E-state index is 0.203. The lowest BCUT2D eigenvalue weighted by molar-refractivity contribution is 0.468. The molecule has 0 spiro atoms. The molecule has 0 aromatic heterocycles. The molecule has 15 heavy (non-hydrogen) atoms. The van der Waals surface area contributed by atoms with Gasteiger partial charge in [0.1, 0.15) is 0 Å². The van der Waals surface area contributed by atoms with Crippen LogP contribution in [0, 0.1) is 0 Å². The molecule has 84 valence electrons. The molecule has 0 aliphatic carbocycles. The van der Waals surface area contributed by atoms with Crippen LogP contribution in [0.3, 0.4) is 0 Å². The summed E-state index contributed by atoms with van der Waals surface area (Å²) in [5, 5.41) is 6.59. The standard InChI is InChI=1S/C13H22N2/c1-13(2,11-15-10-9-14-3)12-7-5-4-6-8-12/h4-8,14-15H,9-11H2,1-3H3. The topological polar surface area (TPSA) is 24.1 Å². The van der Waals surface area contributed by atoms with Crippen molar-refractivity contribution >= 4 is 0 Å². The summed E-state index contributed by atoms with van der Waals surface area (Å²) in [6.45, 7) is 7.60. The van der Waals surface area contributed by atoms with Crippen molar-refractivity contribution in [3.8, 4) is 0 Å². The number of hydrogen-bond donors (Lipinski definition) is 2. The number of benzene rings is 1. The third-order valence-corrected chi connectivity index (χ3v) is 2.67. The fourth-order valence-corrected chi connectivity index (χ4v) is 1.61. The Hall–Kier alpha value is -0.860. The summed E-state index contributed by atoms with van der Waals surface area (Å²) in [7, 11) is 1.98. The highest BCUT2D eigenvalue weighted by Crippen LogP contribution is 2.21. The van der Waals surface area contributed by atoms with E-state index in [2.05, 4.69) is 54.8 Å². The summed E-state index contributed by atoms with van der Waals surface area (Å²) in [4.78, 5) is 0. The molecule has 0 atom stereocenters. The van der Waals surface area contributed by atoms with Gasteiger partial charge in [-0.2, -0.15) is 0 Å². The van der Waals surface area contributed by atoms with Gasteiger partial charge in [-0.3, -0.25) is 0 Å². The van der Waals surface area contributed by atoms with Crippen molar-refractivity contribution in [3.63, 3.8) is 0 Å². The van der Waals surface area contributed by atoms with Gasteiger partial charge in [0.05, 0.1) is 0 Å². The zero-order valence-corrected chi connectivity index (χ0v) is 10.0. The Morgan fingerprint density at radius 1 is 1.07 bits per heavy atom. The van der Waals surface area contributed by atoms with E-state index in [1.165, 1.54) is 5.56 Å². The van der Waals surface area contributed by atoms with E-state index in [4.69, 9.17) is 0 Å². The molecule has 0 heterocycles. The second-order valence-corrected chi connectivity index (χ2v) is 4.53. The molecular formula is C13H22N2. The van der Waals surface area contributed by atoms with Gasteiger partial charge in [0.2, 0.25) is 0 Å². The molecular weight excluding hydrogens is 184 g/mol. The van der Waals surface area contributed by atoms with Crippen molar-refractivity contribution in [2.45, 2.75) is 19.3 Å². The quantitative estimate of drug-likeness (QED) is 0.693. The lowest BCUT2D eigenvalue weighted by Crippen LogP contribution is -2.36. The van der Waals surface area contributed by atoms with Gasteiger partial charge in [0.25, 0.3) is 0 Å². The van der Waals surface area contributed by atoms with Crippen LogP contribution < -0.4 is 10.6 Å². The lowest BCUT2D eigenvalue weighted by Gasteiger charge is -2.25. The Bertz CT molecular complexity index is 267. The minimum Gasteiger partial charge on any atom is -0.318 e. The summed E-state index contributed by atoms with van der Waals surface area (Å²) < 4.78 is 0. The molecule has 2 N–H and O–H groups in total.